The minimum absolute atomic E-state index is 0.107. The van der Waals surface area contributed by atoms with Crippen LogP contribution in [-0.4, -0.2) is 27.0 Å². The van der Waals surface area contributed by atoms with Gasteiger partial charge in [-0.2, -0.15) is 5.10 Å². The highest BCUT2D eigenvalue weighted by Crippen LogP contribution is 2.26. The number of aromatic nitrogens is 3. The molecule has 0 saturated heterocycles. The molecule has 158 valence electrons. The highest BCUT2D eigenvalue weighted by Gasteiger charge is 2.16. The van der Waals surface area contributed by atoms with E-state index in [0.717, 1.165) is 17.0 Å². The highest BCUT2D eigenvalue weighted by molar-refractivity contribution is 7.14. The summed E-state index contributed by atoms with van der Waals surface area (Å²) in [4.78, 5) is 29.8. The van der Waals surface area contributed by atoms with E-state index in [1.165, 1.54) is 43.4 Å². The van der Waals surface area contributed by atoms with Gasteiger partial charge in [-0.25, -0.2) is 4.98 Å². The zero-order valence-electron chi connectivity index (χ0n) is 16.6. The van der Waals surface area contributed by atoms with Gasteiger partial charge in [0.25, 0.3) is 0 Å². The normalized spacial score (nSPS) is 14.5. The smallest absolute Gasteiger partial charge is 0.231 e. The molecule has 1 aliphatic carbocycles. The molecule has 4 rings (SSSR count). The van der Waals surface area contributed by atoms with Crippen LogP contribution in [0.3, 0.4) is 0 Å². The van der Waals surface area contributed by atoms with Crippen molar-refractivity contribution in [2.75, 3.05) is 10.6 Å². The molecular weight excluding hydrogens is 418 g/mol. The first kappa shape index (κ1) is 20.7. The summed E-state index contributed by atoms with van der Waals surface area (Å²) in [6, 6.07) is 5.77. The summed E-state index contributed by atoms with van der Waals surface area (Å²) in [5, 5.41) is 17.1. The van der Waals surface area contributed by atoms with Gasteiger partial charge in [0.1, 0.15) is 0 Å². The van der Waals surface area contributed by atoms with Crippen LogP contribution in [0.25, 0.3) is 0 Å². The van der Waals surface area contributed by atoms with Crippen LogP contribution in [0.2, 0.25) is 0 Å². The van der Waals surface area contributed by atoms with E-state index < -0.39 is 0 Å². The number of thiophene rings is 1. The Hall–Kier alpha value is -2.52. The van der Waals surface area contributed by atoms with Crippen molar-refractivity contribution in [3.05, 3.63) is 45.2 Å². The minimum Gasteiger partial charge on any atom is -0.309 e. The summed E-state index contributed by atoms with van der Waals surface area (Å²) in [5.74, 6) is 0.981. The number of carbonyl (C=O) groups excluding carboxylic acids is 2. The first-order chi connectivity index (χ1) is 14.6. The lowest BCUT2D eigenvalue weighted by Gasteiger charge is -2.20. The molecule has 1 saturated carbocycles. The molecule has 3 N–H and O–H groups in total. The van der Waals surface area contributed by atoms with Gasteiger partial charge in [-0.15, -0.1) is 22.7 Å². The number of hydrogen-bond acceptors (Lipinski definition) is 6. The van der Waals surface area contributed by atoms with Gasteiger partial charge in [-0.3, -0.25) is 14.7 Å². The van der Waals surface area contributed by atoms with Crippen LogP contribution in [0.1, 0.15) is 48.4 Å². The van der Waals surface area contributed by atoms with E-state index in [1.54, 1.807) is 16.7 Å². The van der Waals surface area contributed by atoms with Crippen LogP contribution in [-0.2, 0) is 28.9 Å². The molecular formula is C21H25N5O2S2. The van der Waals surface area contributed by atoms with Gasteiger partial charge in [-0.05, 0) is 23.8 Å². The number of aromatic amines is 1. The average molecular weight is 444 g/mol. The number of nitrogens with zero attached hydrogens (tertiary/aromatic N) is 2. The molecule has 7 nitrogen and oxygen atoms in total. The summed E-state index contributed by atoms with van der Waals surface area (Å²) >= 11 is 2.87. The van der Waals surface area contributed by atoms with Crippen molar-refractivity contribution in [3.63, 3.8) is 0 Å². The molecule has 0 unspecified atom stereocenters. The van der Waals surface area contributed by atoms with Gasteiger partial charge in [0.15, 0.2) is 10.9 Å². The van der Waals surface area contributed by atoms with E-state index in [1.807, 2.05) is 23.6 Å². The molecule has 3 heterocycles. The second-order valence-corrected chi connectivity index (χ2v) is 9.55. The van der Waals surface area contributed by atoms with E-state index in [4.69, 9.17) is 0 Å². The number of carbonyl (C=O) groups is 2. The minimum atomic E-state index is -0.174. The Morgan fingerprint density at radius 3 is 2.73 bits per heavy atom. The summed E-state index contributed by atoms with van der Waals surface area (Å²) in [6.45, 7) is 0. The molecule has 0 radical (unpaired) electrons. The van der Waals surface area contributed by atoms with E-state index in [0.29, 0.717) is 29.0 Å². The summed E-state index contributed by atoms with van der Waals surface area (Å²) in [5.41, 5.74) is 1.70. The average Bonchev–Trinajstić information content (AvgIpc) is 3.47. The molecule has 0 aliphatic heterocycles. The van der Waals surface area contributed by atoms with E-state index >= 15 is 0 Å². The van der Waals surface area contributed by atoms with Crippen molar-refractivity contribution >= 4 is 45.4 Å². The number of thiazole rings is 1. The van der Waals surface area contributed by atoms with Gasteiger partial charge in [0, 0.05) is 22.0 Å². The van der Waals surface area contributed by atoms with Crippen LogP contribution >= 0.6 is 22.7 Å². The molecule has 0 bridgehead atoms. The third kappa shape index (κ3) is 5.99. The Labute approximate surface area is 183 Å². The molecule has 3 aromatic heterocycles. The Morgan fingerprint density at radius 1 is 1.10 bits per heavy atom. The fourth-order valence-corrected chi connectivity index (χ4v) is 5.19. The van der Waals surface area contributed by atoms with Crippen LogP contribution in [0.5, 0.6) is 0 Å². The van der Waals surface area contributed by atoms with Crippen molar-refractivity contribution in [2.45, 2.75) is 51.4 Å². The zero-order chi connectivity index (χ0) is 20.8. The highest BCUT2D eigenvalue weighted by atomic mass is 32.1. The number of H-pyrrole nitrogens is 1. The number of rotatable bonds is 8. The number of nitrogens with one attached hydrogen (secondary N) is 3. The first-order valence-electron chi connectivity index (χ1n) is 10.2. The van der Waals surface area contributed by atoms with Crippen molar-refractivity contribution in [2.24, 2.45) is 5.92 Å². The van der Waals surface area contributed by atoms with Crippen LogP contribution in [0.4, 0.5) is 10.9 Å². The van der Waals surface area contributed by atoms with Gasteiger partial charge >= 0.3 is 0 Å². The maximum absolute atomic E-state index is 12.3. The molecule has 1 fully saturated rings. The third-order valence-electron chi connectivity index (χ3n) is 5.19. The van der Waals surface area contributed by atoms with Crippen molar-refractivity contribution in [1.29, 1.82) is 0 Å². The fraction of sp³-hybridized carbons (Fsp3) is 0.429. The summed E-state index contributed by atoms with van der Waals surface area (Å²) in [7, 11) is 0. The second-order valence-electron chi connectivity index (χ2n) is 7.66. The maximum atomic E-state index is 12.3. The maximum Gasteiger partial charge on any atom is 0.231 e. The third-order valence-corrected chi connectivity index (χ3v) is 6.87. The van der Waals surface area contributed by atoms with Crippen molar-refractivity contribution in [1.82, 2.24) is 15.2 Å². The molecule has 30 heavy (non-hydrogen) atoms. The molecule has 3 aromatic rings. The summed E-state index contributed by atoms with van der Waals surface area (Å²) < 4.78 is 0. The van der Waals surface area contributed by atoms with Gasteiger partial charge in [0.2, 0.25) is 11.8 Å². The molecule has 2 amide bonds. The molecule has 1 aliphatic rings. The predicted molar refractivity (Wildman–Crippen MR) is 120 cm³/mol. The molecule has 0 atom stereocenters. The first-order valence-corrected chi connectivity index (χ1v) is 12.0. The Balaban J connectivity index is 1.24. The number of anilines is 2. The van der Waals surface area contributed by atoms with Crippen molar-refractivity contribution in [3.8, 4) is 0 Å². The number of amides is 2. The van der Waals surface area contributed by atoms with E-state index in [2.05, 4.69) is 25.8 Å². The van der Waals surface area contributed by atoms with Gasteiger partial charge in [0.05, 0.1) is 18.5 Å². The SMILES string of the molecule is O=C(Cc1csc(NC(=O)Cc2cccs2)n1)Nc1cc(CC2CCCCC2)[nH]n1. The molecule has 0 spiro atoms. The van der Waals surface area contributed by atoms with Crippen molar-refractivity contribution < 1.29 is 9.59 Å². The van der Waals surface area contributed by atoms with Crippen LogP contribution < -0.4 is 10.6 Å². The Morgan fingerprint density at radius 2 is 1.93 bits per heavy atom. The second kappa shape index (κ2) is 9.99. The lowest BCUT2D eigenvalue weighted by molar-refractivity contribution is -0.116. The molecule has 9 heteroatoms. The Bertz CT molecular complexity index is 973. The monoisotopic (exact) mass is 443 g/mol. The standard InChI is InChI=1S/C21H25N5O2S2/c27-19(23-18-10-15(25-26-18)9-14-5-2-1-3-6-14)11-16-13-30-21(22-16)24-20(28)12-17-7-4-8-29-17/h4,7-8,10,13-14H,1-3,5-6,9,11-12H2,(H,22,24,28)(H2,23,25,26,27). The van der Waals surface area contributed by atoms with Crippen LogP contribution in [0.15, 0.2) is 29.0 Å². The molecule has 0 aromatic carbocycles. The quantitative estimate of drug-likeness (QED) is 0.480. The summed E-state index contributed by atoms with van der Waals surface area (Å²) in [6.07, 6.45) is 7.98. The Kier molecular flexibility index (Phi) is 6.91. The predicted octanol–water partition coefficient (Wildman–Crippen LogP) is 4.41. The zero-order valence-corrected chi connectivity index (χ0v) is 18.3. The van der Waals surface area contributed by atoms with Gasteiger partial charge in [-0.1, -0.05) is 38.2 Å². The van der Waals surface area contributed by atoms with Gasteiger partial charge < -0.3 is 10.6 Å². The number of hydrogen-bond donors (Lipinski definition) is 3. The van der Waals surface area contributed by atoms with E-state index in [-0.39, 0.29) is 18.2 Å². The largest absolute Gasteiger partial charge is 0.309 e. The van der Waals surface area contributed by atoms with Crippen LogP contribution in [0, 0.1) is 5.92 Å². The fourth-order valence-electron chi connectivity index (χ4n) is 3.76. The van der Waals surface area contributed by atoms with E-state index in [9.17, 15) is 9.59 Å². The lowest BCUT2D eigenvalue weighted by atomic mass is 9.86. The lowest BCUT2D eigenvalue weighted by Crippen LogP contribution is -2.16. The topological polar surface area (TPSA) is 99.8 Å².